The number of carbonyl (C=O) groups is 1. The molecule has 0 heterocycles. The van der Waals surface area contributed by atoms with E-state index in [1.54, 1.807) is 18.2 Å². The average molecular weight is 383 g/mol. The van der Waals surface area contributed by atoms with E-state index < -0.39 is 16.8 Å². The summed E-state index contributed by atoms with van der Waals surface area (Å²) in [5.41, 5.74) is 5.65. The Morgan fingerprint density at radius 1 is 1.60 bits per heavy atom. The number of carboxylic acid groups (broad SMARTS) is 1. The highest BCUT2D eigenvalue weighted by Crippen LogP contribution is 2.30. The SMILES string of the molecule is CC(C)(SCCOc1ccc(Cl)cc1Br)[C@@H](N)C(=O)O. The van der Waals surface area contributed by atoms with E-state index in [9.17, 15) is 4.79 Å². The minimum Gasteiger partial charge on any atom is -0.492 e. The molecule has 112 valence electrons. The smallest absolute Gasteiger partial charge is 0.321 e. The Morgan fingerprint density at radius 3 is 2.80 bits per heavy atom. The molecule has 3 N–H and O–H groups in total. The number of rotatable bonds is 7. The molecule has 0 aliphatic rings. The average Bonchev–Trinajstić information content (AvgIpc) is 2.35. The molecule has 0 aromatic heterocycles. The van der Waals surface area contributed by atoms with E-state index in [0.29, 0.717) is 23.1 Å². The van der Waals surface area contributed by atoms with E-state index in [4.69, 9.17) is 27.2 Å². The Hall–Kier alpha value is -0.430. The summed E-state index contributed by atoms with van der Waals surface area (Å²) in [6, 6.07) is 4.38. The van der Waals surface area contributed by atoms with Crippen LogP contribution in [0.15, 0.2) is 22.7 Å². The van der Waals surface area contributed by atoms with Crippen LogP contribution in [0.4, 0.5) is 0 Å². The zero-order valence-corrected chi connectivity index (χ0v) is 14.4. The third-order valence-corrected chi connectivity index (χ3v) is 4.95. The van der Waals surface area contributed by atoms with Crippen molar-refractivity contribution in [2.75, 3.05) is 12.4 Å². The summed E-state index contributed by atoms with van der Waals surface area (Å²) in [7, 11) is 0. The molecule has 0 amide bonds. The molecule has 1 rings (SSSR count). The van der Waals surface area contributed by atoms with Gasteiger partial charge < -0.3 is 15.6 Å². The molecule has 1 atom stereocenters. The Morgan fingerprint density at radius 2 is 2.25 bits per heavy atom. The molecule has 0 saturated carbocycles. The molecule has 0 aliphatic heterocycles. The number of thioether (sulfide) groups is 1. The highest BCUT2D eigenvalue weighted by Gasteiger charge is 2.32. The van der Waals surface area contributed by atoms with Crippen LogP contribution in [-0.4, -0.2) is 34.2 Å². The third kappa shape index (κ3) is 5.16. The van der Waals surface area contributed by atoms with E-state index in [-0.39, 0.29) is 0 Å². The molecule has 4 nitrogen and oxygen atoms in total. The van der Waals surface area contributed by atoms with E-state index in [2.05, 4.69) is 15.9 Å². The first-order chi connectivity index (χ1) is 9.24. The summed E-state index contributed by atoms with van der Waals surface area (Å²) in [4.78, 5) is 10.9. The lowest BCUT2D eigenvalue weighted by molar-refractivity contribution is -0.139. The van der Waals surface area contributed by atoms with Gasteiger partial charge in [0.25, 0.3) is 0 Å². The Balaban J connectivity index is 2.43. The second-order valence-corrected chi connectivity index (χ2v) is 7.73. The molecule has 20 heavy (non-hydrogen) atoms. The van der Waals surface area contributed by atoms with E-state index >= 15 is 0 Å². The van der Waals surface area contributed by atoms with Crippen LogP contribution < -0.4 is 10.5 Å². The maximum absolute atomic E-state index is 10.9. The van der Waals surface area contributed by atoms with Gasteiger partial charge in [-0.05, 0) is 48.0 Å². The van der Waals surface area contributed by atoms with Crippen molar-refractivity contribution >= 4 is 45.3 Å². The number of hydrogen-bond acceptors (Lipinski definition) is 4. The minimum absolute atomic E-state index is 0.459. The van der Waals surface area contributed by atoms with Gasteiger partial charge in [0.1, 0.15) is 11.8 Å². The molecule has 0 spiro atoms. The predicted molar refractivity (Wildman–Crippen MR) is 86.8 cm³/mol. The molecule has 1 aromatic rings. The van der Waals surface area contributed by atoms with Gasteiger partial charge >= 0.3 is 5.97 Å². The normalized spacial score (nSPS) is 13.1. The van der Waals surface area contributed by atoms with Gasteiger partial charge in [0.15, 0.2) is 0 Å². The van der Waals surface area contributed by atoms with Crippen molar-refractivity contribution in [1.82, 2.24) is 0 Å². The van der Waals surface area contributed by atoms with Gasteiger partial charge in [-0.15, -0.1) is 11.8 Å². The molecule has 0 bridgehead atoms. The van der Waals surface area contributed by atoms with E-state index in [1.165, 1.54) is 11.8 Å². The molecule has 0 fully saturated rings. The number of aliphatic carboxylic acids is 1. The maximum atomic E-state index is 10.9. The number of nitrogens with two attached hydrogens (primary N) is 1. The first kappa shape index (κ1) is 17.6. The number of hydrogen-bond donors (Lipinski definition) is 2. The van der Waals surface area contributed by atoms with Gasteiger partial charge in [-0.1, -0.05) is 11.6 Å². The second kappa shape index (κ2) is 7.54. The Kier molecular flexibility index (Phi) is 6.64. The summed E-state index contributed by atoms with van der Waals surface area (Å²) < 4.78 is 5.85. The van der Waals surface area contributed by atoms with Crippen LogP contribution in [0, 0.1) is 0 Å². The van der Waals surface area contributed by atoms with Gasteiger partial charge in [0, 0.05) is 15.5 Å². The van der Waals surface area contributed by atoms with Crippen LogP contribution in [0.2, 0.25) is 5.02 Å². The largest absolute Gasteiger partial charge is 0.492 e. The van der Waals surface area contributed by atoms with Crippen LogP contribution in [0.1, 0.15) is 13.8 Å². The van der Waals surface area contributed by atoms with Crippen molar-refractivity contribution in [3.8, 4) is 5.75 Å². The number of ether oxygens (including phenoxy) is 1. The first-order valence-electron chi connectivity index (χ1n) is 5.94. The number of halogens is 2. The first-order valence-corrected chi connectivity index (χ1v) is 8.10. The van der Waals surface area contributed by atoms with Crippen molar-refractivity contribution in [3.63, 3.8) is 0 Å². The topological polar surface area (TPSA) is 72.5 Å². The second-order valence-electron chi connectivity index (χ2n) is 4.69. The molecule has 0 saturated heterocycles. The number of carboxylic acids is 1. The lowest BCUT2D eigenvalue weighted by Crippen LogP contribution is -2.47. The summed E-state index contributed by atoms with van der Waals surface area (Å²) in [5.74, 6) is 0.350. The zero-order valence-electron chi connectivity index (χ0n) is 11.2. The Labute approximate surface area is 136 Å². The van der Waals surface area contributed by atoms with Crippen LogP contribution in [-0.2, 0) is 4.79 Å². The van der Waals surface area contributed by atoms with Crippen molar-refractivity contribution in [2.45, 2.75) is 24.6 Å². The molecule has 0 radical (unpaired) electrons. The highest BCUT2D eigenvalue weighted by molar-refractivity contribution is 9.10. The molecular weight excluding hydrogens is 366 g/mol. The standard InChI is InChI=1S/C13H17BrClNO3S/c1-13(2,11(16)12(17)18)20-6-5-19-10-4-3-8(15)7-9(10)14/h3-4,7,11H,5-6,16H2,1-2H3,(H,17,18)/t11-/m0/s1. The minimum atomic E-state index is -0.996. The fourth-order valence-electron chi connectivity index (χ4n) is 1.44. The van der Waals surface area contributed by atoms with Gasteiger partial charge in [0.2, 0.25) is 0 Å². The third-order valence-electron chi connectivity index (χ3n) is 2.72. The van der Waals surface area contributed by atoms with Gasteiger partial charge in [-0.25, -0.2) is 0 Å². The van der Waals surface area contributed by atoms with Crippen molar-refractivity contribution in [2.24, 2.45) is 5.73 Å². The van der Waals surface area contributed by atoms with Crippen LogP contribution in [0.3, 0.4) is 0 Å². The quantitative estimate of drug-likeness (QED) is 0.707. The molecule has 0 aliphatic carbocycles. The number of benzene rings is 1. The lowest BCUT2D eigenvalue weighted by atomic mass is 10.1. The summed E-state index contributed by atoms with van der Waals surface area (Å²) in [5, 5.41) is 9.56. The van der Waals surface area contributed by atoms with Crippen molar-refractivity contribution in [1.29, 1.82) is 0 Å². The van der Waals surface area contributed by atoms with Gasteiger partial charge in [0.05, 0.1) is 11.1 Å². The van der Waals surface area contributed by atoms with Crippen LogP contribution in [0.5, 0.6) is 5.75 Å². The lowest BCUT2D eigenvalue weighted by Gasteiger charge is -2.27. The highest BCUT2D eigenvalue weighted by atomic mass is 79.9. The van der Waals surface area contributed by atoms with E-state index in [1.807, 2.05) is 13.8 Å². The molecule has 1 aromatic carbocycles. The fraction of sp³-hybridized carbons (Fsp3) is 0.462. The Bertz CT molecular complexity index is 485. The van der Waals surface area contributed by atoms with Gasteiger partial charge in [-0.2, -0.15) is 0 Å². The monoisotopic (exact) mass is 381 g/mol. The maximum Gasteiger partial charge on any atom is 0.321 e. The van der Waals surface area contributed by atoms with Crippen LogP contribution >= 0.6 is 39.3 Å². The zero-order chi connectivity index (χ0) is 15.3. The predicted octanol–water partition coefficient (Wildman–Crippen LogP) is 3.41. The summed E-state index contributed by atoms with van der Waals surface area (Å²) in [6.45, 7) is 4.09. The summed E-state index contributed by atoms with van der Waals surface area (Å²) in [6.07, 6.45) is 0. The van der Waals surface area contributed by atoms with Crippen molar-refractivity contribution < 1.29 is 14.6 Å². The molecule has 0 unspecified atom stereocenters. The van der Waals surface area contributed by atoms with Gasteiger partial charge in [-0.3, -0.25) is 4.79 Å². The van der Waals surface area contributed by atoms with Crippen LogP contribution in [0.25, 0.3) is 0 Å². The van der Waals surface area contributed by atoms with E-state index in [0.717, 1.165) is 4.47 Å². The summed E-state index contributed by atoms with van der Waals surface area (Å²) >= 11 is 10.7. The van der Waals surface area contributed by atoms with Crippen molar-refractivity contribution in [3.05, 3.63) is 27.7 Å². The molecular formula is C13H17BrClNO3S. The molecule has 7 heteroatoms. The fourth-order valence-corrected chi connectivity index (χ4v) is 3.21.